The first-order chi connectivity index (χ1) is 10.4. The van der Waals surface area contributed by atoms with Gasteiger partial charge >= 0.3 is 5.97 Å². The van der Waals surface area contributed by atoms with Crippen LogP contribution in [0.3, 0.4) is 0 Å². The van der Waals surface area contributed by atoms with Gasteiger partial charge in [-0.15, -0.1) is 0 Å². The zero-order valence-corrected chi connectivity index (χ0v) is 13.7. The molecule has 5 nitrogen and oxygen atoms in total. The van der Waals surface area contributed by atoms with Crippen LogP contribution in [0.15, 0.2) is 18.2 Å². The molecule has 120 valence electrons. The van der Waals surface area contributed by atoms with Gasteiger partial charge in [-0.25, -0.2) is 4.79 Å². The summed E-state index contributed by atoms with van der Waals surface area (Å²) in [6.07, 6.45) is 2.10. The molecular weight excluding hydrogens is 284 g/mol. The fourth-order valence-corrected chi connectivity index (χ4v) is 2.54. The minimum Gasteiger partial charge on any atom is -0.493 e. The molecule has 0 atom stereocenters. The minimum absolute atomic E-state index is 0.324. The van der Waals surface area contributed by atoms with Crippen molar-refractivity contribution in [1.82, 2.24) is 0 Å². The minimum atomic E-state index is -0.420. The molecule has 1 aliphatic rings. The molecule has 0 unspecified atom stereocenters. The summed E-state index contributed by atoms with van der Waals surface area (Å²) < 4.78 is 21.6. The van der Waals surface area contributed by atoms with Crippen LogP contribution in [-0.2, 0) is 20.7 Å². The summed E-state index contributed by atoms with van der Waals surface area (Å²) in [6, 6.07) is 3.76. The molecule has 0 amide bonds. The Balaban J connectivity index is 2.53. The highest BCUT2D eigenvalue weighted by Crippen LogP contribution is 2.40. The summed E-state index contributed by atoms with van der Waals surface area (Å²) in [5, 5.41) is 0. The van der Waals surface area contributed by atoms with E-state index in [-0.39, 0.29) is 0 Å². The van der Waals surface area contributed by atoms with Crippen molar-refractivity contribution in [2.45, 2.75) is 32.8 Å². The predicted octanol–water partition coefficient (Wildman–Crippen LogP) is 2.96. The molecule has 0 bridgehead atoms. The van der Waals surface area contributed by atoms with Crippen molar-refractivity contribution in [2.24, 2.45) is 0 Å². The van der Waals surface area contributed by atoms with E-state index in [2.05, 4.69) is 0 Å². The third-order valence-corrected chi connectivity index (χ3v) is 3.41. The van der Waals surface area contributed by atoms with Crippen molar-refractivity contribution in [3.05, 3.63) is 29.3 Å². The number of hydrogen-bond acceptors (Lipinski definition) is 5. The smallest absolute Gasteiger partial charge is 0.334 e. The summed E-state index contributed by atoms with van der Waals surface area (Å²) in [5.74, 6) is 1.33. The first-order valence-corrected chi connectivity index (χ1v) is 7.23. The van der Waals surface area contributed by atoms with E-state index in [9.17, 15) is 4.79 Å². The average Bonchev–Trinajstić information content (AvgIpc) is 2.45. The van der Waals surface area contributed by atoms with Gasteiger partial charge in [0.15, 0.2) is 11.5 Å². The van der Waals surface area contributed by atoms with Gasteiger partial charge < -0.3 is 18.9 Å². The van der Waals surface area contributed by atoms with Crippen LogP contribution in [0.2, 0.25) is 0 Å². The Morgan fingerprint density at radius 2 is 1.91 bits per heavy atom. The second-order valence-electron chi connectivity index (χ2n) is 5.66. The lowest BCUT2D eigenvalue weighted by atomic mass is 9.89. The maximum absolute atomic E-state index is 11.8. The van der Waals surface area contributed by atoms with E-state index in [1.165, 1.54) is 6.08 Å². The molecule has 1 aliphatic heterocycles. The van der Waals surface area contributed by atoms with Crippen LogP contribution in [0.1, 0.15) is 31.9 Å². The van der Waals surface area contributed by atoms with Gasteiger partial charge in [0.05, 0.1) is 26.9 Å². The molecule has 1 heterocycles. The molecule has 0 spiro atoms. The molecule has 0 aromatic heterocycles. The van der Waals surface area contributed by atoms with Crippen molar-refractivity contribution in [2.75, 3.05) is 20.8 Å². The molecule has 0 radical (unpaired) electrons. The highest BCUT2D eigenvalue weighted by atomic mass is 16.5. The monoisotopic (exact) mass is 306 g/mol. The van der Waals surface area contributed by atoms with Crippen LogP contribution in [-0.4, -0.2) is 32.4 Å². The van der Waals surface area contributed by atoms with E-state index in [1.54, 1.807) is 21.1 Å². The molecule has 0 saturated carbocycles. The first kappa shape index (κ1) is 16.2. The summed E-state index contributed by atoms with van der Waals surface area (Å²) in [4.78, 5) is 11.8. The third-order valence-electron chi connectivity index (χ3n) is 3.41. The maximum atomic E-state index is 11.8. The lowest BCUT2D eigenvalue weighted by Crippen LogP contribution is -2.31. The van der Waals surface area contributed by atoms with Gasteiger partial charge in [0, 0.05) is 12.0 Å². The summed E-state index contributed by atoms with van der Waals surface area (Å²) in [5.41, 5.74) is 1.46. The number of methoxy groups -OCH3 is 2. The first-order valence-electron chi connectivity index (χ1n) is 7.23. The van der Waals surface area contributed by atoms with E-state index in [0.29, 0.717) is 30.3 Å². The quantitative estimate of drug-likeness (QED) is 0.632. The lowest BCUT2D eigenvalue weighted by molar-refractivity contribution is -0.137. The highest BCUT2D eigenvalue weighted by molar-refractivity contribution is 5.90. The molecule has 1 aromatic carbocycles. The maximum Gasteiger partial charge on any atom is 0.334 e. The number of benzene rings is 1. The topological polar surface area (TPSA) is 54.0 Å². The number of carbonyl (C=O) groups excluding carboxylic acids is 1. The second-order valence-corrected chi connectivity index (χ2v) is 5.66. The number of hydrogen-bond donors (Lipinski definition) is 0. The van der Waals surface area contributed by atoms with Crippen LogP contribution >= 0.6 is 0 Å². The summed E-state index contributed by atoms with van der Waals surface area (Å²) in [7, 11) is 3.18. The van der Waals surface area contributed by atoms with Crippen molar-refractivity contribution in [1.29, 1.82) is 0 Å². The Hall–Kier alpha value is -2.17. The van der Waals surface area contributed by atoms with Crippen LogP contribution in [0.25, 0.3) is 5.76 Å². The van der Waals surface area contributed by atoms with Crippen molar-refractivity contribution >= 4 is 11.7 Å². The van der Waals surface area contributed by atoms with E-state index in [4.69, 9.17) is 18.9 Å². The molecule has 0 N–H and O–H groups in total. The van der Waals surface area contributed by atoms with E-state index < -0.39 is 11.6 Å². The Labute approximate surface area is 130 Å². The number of carbonyl (C=O) groups is 1. The van der Waals surface area contributed by atoms with E-state index >= 15 is 0 Å². The van der Waals surface area contributed by atoms with E-state index in [0.717, 1.165) is 11.1 Å². The van der Waals surface area contributed by atoms with Gasteiger partial charge in [0.25, 0.3) is 0 Å². The van der Waals surface area contributed by atoms with Gasteiger partial charge in [-0.3, -0.25) is 0 Å². The van der Waals surface area contributed by atoms with Crippen molar-refractivity contribution in [3.63, 3.8) is 0 Å². The average molecular weight is 306 g/mol. The van der Waals surface area contributed by atoms with Crippen LogP contribution in [0.4, 0.5) is 0 Å². The zero-order chi connectivity index (χ0) is 16.3. The lowest BCUT2D eigenvalue weighted by Gasteiger charge is -2.34. The Morgan fingerprint density at radius 1 is 1.27 bits per heavy atom. The second kappa shape index (κ2) is 6.30. The normalized spacial score (nSPS) is 17.4. The van der Waals surface area contributed by atoms with Gasteiger partial charge in [0.1, 0.15) is 11.4 Å². The van der Waals surface area contributed by atoms with Gasteiger partial charge in [0.2, 0.25) is 0 Å². The Kier molecular flexibility index (Phi) is 4.64. The predicted molar refractivity (Wildman–Crippen MR) is 83.0 cm³/mol. The summed E-state index contributed by atoms with van der Waals surface area (Å²) >= 11 is 0. The van der Waals surface area contributed by atoms with Gasteiger partial charge in [-0.1, -0.05) is 0 Å². The SMILES string of the molecule is CCOC(=O)/C=C1/OC(C)(C)Cc2cc(OC)c(OC)cc21. The molecule has 22 heavy (non-hydrogen) atoms. The number of fused-ring (bicyclic) bond motifs is 1. The molecule has 0 fully saturated rings. The Bertz CT molecular complexity index is 601. The highest BCUT2D eigenvalue weighted by Gasteiger charge is 2.31. The molecule has 0 saturated heterocycles. The summed E-state index contributed by atoms with van der Waals surface area (Å²) in [6.45, 7) is 6.05. The number of ether oxygens (including phenoxy) is 4. The van der Waals surface area contributed by atoms with Crippen molar-refractivity contribution in [3.8, 4) is 11.5 Å². The van der Waals surface area contributed by atoms with Crippen molar-refractivity contribution < 1.29 is 23.7 Å². The molecular formula is C17H22O5. The van der Waals surface area contributed by atoms with Crippen LogP contribution in [0.5, 0.6) is 11.5 Å². The van der Waals surface area contributed by atoms with E-state index in [1.807, 2.05) is 26.0 Å². The standard InChI is InChI=1S/C17H22O5/c1-6-21-16(18)9-13-12-8-15(20-5)14(19-4)7-11(12)10-17(2,3)22-13/h7-9H,6,10H2,1-5H3/b13-9+. The molecule has 2 rings (SSSR count). The third kappa shape index (κ3) is 3.35. The number of rotatable bonds is 4. The van der Waals surface area contributed by atoms with Gasteiger partial charge in [-0.2, -0.15) is 0 Å². The zero-order valence-electron chi connectivity index (χ0n) is 13.7. The molecule has 1 aromatic rings. The fourth-order valence-electron chi connectivity index (χ4n) is 2.54. The van der Waals surface area contributed by atoms with Crippen LogP contribution in [0, 0.1) is 0 Å². The van der Waals surface area contributed by atoms with Crippen LogP contribution < -0.4 is 9.47 Å². The fraction of sp³-hybridized carbons (Fsp3) is 0.471. The Morgan fingerprint density at radius 3 is 2.50 bits per heavy atom. The van der Waals surface area contributed by atoms with Gasteiger partial charge in [-0.05, 0) is 38.5 Å². The number of esters is 1. The molecule has 0 aliphatic carbocycles. The molecule has 5 heteroatoms. The largest absolute Gasteiger partial charge is 0.493 e.